The summed E-state index contributed by atoms with van der Waals surface area (Å²) in [7, 11) is 0. The van der Waals surface area contributed by atoms with Crippen LogP contribution < -0.4 is 0 Å². The molecular weight excluding hydrogens is 183 g/mol. The molecule has 0 saturated heterocycles. The van der Waals surface area contributed by atoms with Crippen molar-refractivity contribution in [2.75, 3.05) is 6.79 Å². The first-order valence-corrected chi connectivity index (χ1v) is 2.88. The highest BCUT2D eigenvalue weighted by molar-refractivity contribution is 6.72. The van der Waals surface area contributed by atoms with E-state index in [9.17, 15) is 9.59 Å². The zero-order valence-electron chi connectivity index (χ0n) is 4.88. The second-order valence-corrected chi connectivity index (χ2v) is 1.87. The number of aliphatic hydroxyl groups excluding tert-OH is 1. The van der Waals surface area contributed by atoms with Gasteiger partial charge in [0.1, 0.15) is 6.79 Å². The molecule has 0 amide bonds. The lowest BCUT2D eigenvalue weighted by Crippen LogP contribution is -1.92. The summed E-state index contributed by atoms with van der Waals surface area (Å²) in [6.07, 6.45) is -0.386. The van der Waals surface area contributed by atoms with Gasteiger partial charge in [0.25, 0.3) is 0 Å². The van der Waals surface area contributed by atoms with Gasteiger partial charge in [0.05, 0.1) is 6.42 Å². The maximum Gasteiger partial charge on any atom is 0.230 e. The number of hydrogen-bond acceptors (Lipinski definition) is 4. The highest BCUT2D eigenvalue weighted by atomic mass is 35.5. The topological polar surface area (TPSA) is 74.6 Å². The molecule has 0 unspecified atom stereocenters. The van der Waals surface area contributed by atoms with Gasteiger partial charge in [0.15, 0.2) is 0 Å². The first kappa shape index (κ1) is 12.5. The lowest BCUT2D eigenvalue weighted by Gasteiger charge is -1.76. The van der Waals surface area contributed by atoms with Gasteiger partial charge >= 0.3 is 0 Å². The Labute approximate surface area is 67.4 Å². The Balaban J connectivity index is 0. The van der Waals surface area contributed by atoms with E-state index in [1.54, 1.807) is 0 Å². The summed E-state index contributed by atoms with van der Waals surface area (Å²) in [6, 6.07) is 0. The minimum atomic E-state index is -0.750. The molecule has 0 fully saturated rings. The van der Waals surface area contributed by atoms with Crippen molar-refractivity contribution in [3.8, 4) is 0 Å². The van der Waals surface area contributed by atoms with E-state index in [0.29, 0.717) is 0 Å². The molecular formula is C4H6Cl2O4. The molecule has 0 aliphatic rings. The van der Waals surface area contributed by atoms with Crippen molar-refractivity contribution in [2.24, 2.45) is 0 Å². The fourth-order valence-electron chi connectivity index (χ4n) is 0.109. The van der Waals surface area contributed by atoms with E-state index in [4.69, 9.17) is 33.4 Å². The summed E-state index contributed by atoms with van der Waals surface area (Å²) in [5.74, 6) is 0. The third-order valence-corrected chi connectivity index (χ3v) is 0.545. The van der Waals surface area contributed by atoms with Crippen LogP contribution in [-0.2, 0) is 9.59 Å². The van der Waals surface area contributed by atoms with E-state index < -0.39 is 17.3 Å². The number of rotatable bonds is 2. The molecule has 0 radical (unpaired) electrons. The third kappa shape index (κ3) is 24.9. The van der Waals surface area contributed by atoms with Crippen LogP contribution >= 0.6 is 23.2 Å². The molecule has 0 heterocycles. The van der Waals surface area contributed by atoms with E-state index in [0.717, 1.165) is 0 Å². The predicted octanol–water partition coefficient (Wildman–Crippen LogP) is -0.164. The van der Waals surface area contributed by atoms with Crippen molar-refractivity contribution in [1.29, 1.82) is 0 Å². The van der Waals surface area contributed by atoms with Crippen molar-refractivity contribution in [3.63, 3.8) is 0 Å². The fraction of sp³-hybridized carbons (Fsp3) is 0.500. The van der Waals surface area contributed by atoms with Gasteiger partial charge in [-0.15, -0.1) is 0 Å². The van der Waals surface area contributed by atoms with Crippen molar-refractivity contribution in [3.05, 3.63) is 0 Å². The van der Waals surface area contributed by atoms with Crippen LogP contribution in [0.2, 0.25) is 0 Å². The highest BCUT2D eigenvalue weighted by Crippen LogP contribution is 1.92. The first-order chi connectivity index (χ1) is 4.54. The maximum atomic E-state index is 9.71. The Morgan fingerprint density at radius 3 is 1.30 bits per heavy atom. The SMILES string of the molecule is O=C(Cl)CC(=O)Cl.OCO. The maximum absolute atomic E-state index is 9.71. The molecule has 0 aliphatic carbocycles. The van der Waals surface area contributed by atoms with E-state index in [-0.39, 0.29) is 6.42 Å². The van der Waals surface area contributed by atoms with Crippen molar-refractivity contribution in [2.45, 2.75) is 6.42 Å². The molecule has 0 atom stereocenters. The van der Waals surface area contributed by atoms with E-state index in [1.807, 2.05) is 0 Å². The molecule has 0 rings (SSSR count). The Morgan fingerprint density at radius 1 is 1.10 bits per heavy atom. The second-order valence-electron chi connectivity index (χ2n) is 1.03. The Kier molecular flexibility index (Phi) is 11.1. The van der Waals surface area contributed by atoms with Gasteiger partial charge in [0.2, 0.25) is 10.5 Å². The van der Waals surface area contributed by atoms with Gasteiger partial charge in [-0.25, -0.2) is 0 Å². The predicted molar refractivity (Wildman–Crippen MR) is 35.6 cm³/mol. The van der Waals surface area contributed by atoms with E-state index in [1.165, 1.54) is 0 Å². The number of carbonyl (C=O) groups excluding carboxylic acids is 2. The smallest absolute Gasteiger partial charge is 0.230 e. The molecule has 6 heteroatoms. The molecule has 0 spiro atoms. The Morgan fingerprint density at radius 2 is 1.30 bits per heavy atom. The summed E-state index contributed by atoms with van der Waals surface area (Å²) in [5, 5.41) is 12.8. The van der Waals surface area contributed by atoms with Crippen molar-refractivity contribution < 1.29 is 19.8 Å². The van der Waals surface area contributed by atoms with Gasteiger partial charge in [-0.2, -0.15) is 0 Å². The van der Waals surface area contributed by atoms with Gasteiger partial charge in [-0.05, 0) is 23.2 Å². The van der Waals surface area contributed by atoms with Crippen molar-refractivity contribution in [1.82, 2.24) is 0 Å². The van der Waals surface area contributed by atoms with Gasteiger partial charge in [0, 0.05) is 0 Å². The lowest BCUT2D eigenvalue weighted by molar-refractivity contribution is -0.118. The van der Waals surface area contributed by atoms with Crippen LogP contribution in [0, 0.1) is 0 Å². The van der Waals surface area contributed by atoms with Gasteiger partial charge < -0.3 is 10.2 Å². The van der Waals surface area contributed by atoms with Crippen LogP contribution in [0.5, 0.6) is 0 Å². The number of halogens is 2. The van der Waals surface area contributed by atoms with E-state index >= 15 is 0 Å². The molecule has 0 aliphatic heterocycles. The molecule has 0 aromatic rings. The van der Waals surface area contributed by atoms with Crippen molar-refractivity contribution >= 4 is 33.7 Å². The van der Waals surface area contributed by atoms with E-state index in [2.05, 4.69) is 0 Å². The summed E-state index contributed by atoms with van der Waals surface area (Å²) in [5.41, 5.74) is 0. The normalized spacial score (nSPS) is 7.60. The lowest BCUT2D eigenvalue weighted by atomic mass is 10.5. The third-order valence-electron chi connectivity index (χ3n) is 0.278. The largest absolute Gasteiger partial charge is 0.371 e. The summed E-state index contributed by atoms with van der Waals surface area (Å²) >= 11 is 9.46. The Bertz CT molecular complexity index is 102. The monoisotopic (exact) mass is 188 g/mol. The number of aliphatic hydroxyl groups is 2. The van der Waals surface area contributed by atoms with Crippen LogP contribution in [0.4, 0.5) is 0 Å². The molecule has 60 valence electrons. The molecule has 0 saturated carbocycles. The first-order valence-electron chi connectivity index (χ1n) is 2.13. The fourth-order valence-corrected chi connectivity index (χ4v) is 0.420. The number of carbonyl (C=O) groups is 2. The molecule has 4 nitrogen and oxygen atoms in total. The molecule has 2 N–H and O–H groups in total. The molecule has 0 aromatic carbocycles. The minimum Gasteiger partial charge on any atom is -0.371 e. The summed E-state index contributed by atoms with van der Waals surface area (Å²) in [4.78, 5) is 19.4. The highest BCUT2D eigenvalue weighted by Gasteiger charge is 2.00. The summed E-state index contributed by atoms with van der Waals surface area (Å²) in [6.45, 7) is -0.750. The van der Waals surface area contributed by atoms with Gasteiger partial charge in [-0.1, -0.05) is 0 Å². The standard InChI is InChI=1S/C3H2Cl2O2.CH4O2/c4-2(6)1-3(5)7;2-1-3/h1H2;2-3H,1H2. The van der Waals surface area contributed by atoms with Crippen LogP contribution in [-0.4, -0.2) is 27.5 Å². The van der Waals surface area contributed by atoms with Crippen LogP contribution in [0.3, 0.4) is 0 Å². The van der Waals surface area contributed by atoms with Crippen LogP contribution in [0.15, 0.2) is 0 Å². The molecule has 0 aromatic heterocycles. The average molecular weight is 189 g/mol. The molecule has 0 bridgehead atoms. The average Bonchev–Trinajstić information content (AvgIpc) is 1.62. The number of hydrogen-bond donors (Lipinski definition) is 2. The zero-order valence-corrected chi connectivity index (χ0v) is 6.39. The Hall–Kier alpha value is -0.160. The minimum absolute atomic E-state index is 0.386. The zero-order chi connectivity index (χ0) is 8.57. The summed E-state index contributed by atoms with van der Waals surface area (Å²) < 4.78 is 0. The second kappa shape index (κ2) is 8.84. The quantitative estimate of drug-likeness (QED) is 0.359. The van der Waals surface area contributed by atoms with Crippen LogP contribution in [0.1, 0.15) is 6.42 Å². The molecule has 10 heavy (non-hydrogen) atoms. The van der Waals surface area contributed by atoms with Gasteiger partial charge in [-0.3, -0.25) is 9.59 Å². The van der Waals surface area contributed by atoms with Crippen LogP contribution in [0.25, 0.3) is 0 Å².